The van der Waals surface area contributed by atoms with E-state index < -0.39 is 5.54 Å². The van der Waals surface area contributed by atoms with E-state index in [9.17, 15) is 4.79 Å². The standard InChI is InChI=1S/C10H19NO2/c1-6-11-9(2,3)7-13-8(12)10(11,4)5/h6-7H2,1-5H3. The molecule has 0 aromatic carbocycles. The van der Waals surface area contributed by atoms with Gasteiger partial charge in [0.15, 0.2) is 0 Å². The van der Waals surface area contributed by atoms with Crippen LogP contribution >= 0.6 is 0 Å². The zero-order valence-electron chi connectivity index (χ0n) is 9.18. The zero-order valence-corrected chi connectivity index (χ0v) is 9.18. The molecule has 0 aliphatic carbocycles. The average molecular weight is 185 g/mol. The van der Waals surface area contributed by atoms with Gasteiger partial charge in [-0.1, -0.05) is 6.92 Å². The number of hydrogen-bond donors (Lipinski definition) is 0. The van der Waals surface area contributed by atoms with Crippen molar-refractivity contribution in [1.29, 1.82) is 0 Å². The fourth-order valence-corrected chi connectivity index (χ4v) is 2.19. The molecule has 3 heteroatoms. The molecule has 0 N–H and O–H groups in total. The van der Waals surface area contributed by atoms with Gasteiger partial charge in [-0.05, 0) is 34.2 Å². The Balaban J connectivity index is 2.98. The molecule has 1 fully saturated rings. The van der Waals surface area contributed by atoms with Crippen molar-refractivity contribution in [3.8, 4) is 0 Å². The van der Waals surface area contributed by atoms with Crippen molar-refractivity contribution in [2.24, 2.45) is 0 Å². The highest BCUT2D eigenvalue weighted by atomic mass is 16.5. The van der Waals surface area contributed by atoms with E-state index in [1.165, 1.54) is 0 Å². The lowest BCUT2D eigenvalue weighted by Crippen LogP contribution is -2.65. The lowest BCUT2D eigenvalue weighted by atomic mass is 9.91. The number of cyclic esters (lactones) is 1. The topological polar surface area (TPSA) is 29.5 Å². The third-order valence-electron chi connectivity index (χ3n) is 2.78. The van der Waals surface area contributed by atoms with Gasteiger partial charge in [-0.15, -0.1) is 0 Å². The number of esters is 1. The highest BCUT2D eigenvalue weighted by molar-refractivity contribution is 5.80. The van der Waals surface area contributed by atoms with Crippen molar-refractivity contribution in [3.05, 3.63) is 0 Å². The van der Waals surface area contributed by atoms with Crippen LogP contribution < -0.4 is 0 Å². The summed E-state index contributed by atoms with van der Waals surface area (Å²) in [7, 11) is 0. The summed E-state index contributed by atoms with van der Waals surface area (Å²) in [6.45, 7) is 11.5. The van der Waals surface area contributed by atoms with Crippen LogP contribution in [0.15, 0.2) is 0 Å². The van der Waals surface area contributed by atoms with Crippen LogP contribution in [0.25, 0.3) is 0 Å². The van der Waals surface area contributed by atoms with Crippen molar-refractivity contribution in [2.45, 2.75) is 45.7 Å². The summed E-state index contributed by atoms with van der Waals surface area (Å²) >= 11 is 0. The fraction of sp³-hybridized carbons (Fsp3) is 0.900. The zero-order chi connectivity index (χ0) is 10.3. The summed E-state index contributed by atoms with van der Waals surface area (Å²) in [5.41, 5.74) is -0.539. The molecule has 0 aromatic rings. The second-order valence-electron chi connectivity index (χ2n) is 4.69. The molecular weight excluding hydrogens is 166 g/mol. The molecule has 0 aromatic heterocycles. The first-order valence-electron chi connectivity index (χ1n) is 4.77. The smallest absolute Gasteiger partial charge is 0.326 e. The number of carbonyl (C=O) groups excluding carboxylic acids is 1. The van der Waals surface area contributed by atoms with E-state index in [-0.39, 0.29) is 11.5 Å². The summed E-state index contributed by atoms with van der Waals surface area (Å²) in [5.74, 6) is -0.117. The minimum absolute atomic E-state index is 0.0494. The van der Waals surface area contributed by atoms with E-state index in [4.69, 9.17) is 4.74 Å². The predicted octanol–water partition coefficient (Wildman–Crippen LogP) is 1.42. The molecule has 3 nitrogen and oxygen atoms in total. The van der Waals surface area contributed by atoms with E-state index >= 15 is 0 Å². The van der Waals surface area contributed by atoms with Gasteiger partial charge >= 0.3 is 5.97 Å². The highest BCUT2D eigenvalue weighted by Crippen LogP contribution is 2.30. The molecule has 1 aliphatic heterocycles. The van der Waals surface area contributed by atoms with Crippen LogP contribution in [0.3, 0.4) is 0 Å². The second kappa shape index (κ2) is 2.98. The van der Waals surface area contributed by atoms with E-state index in [2.05, 4.69) is 25.7 Å². The minimum atomic E-state index is -0.490. The number of nitrogens with zero attached hydrogens (tertiary/aromatic N) is 1. The van der Waals surface area contributed by atoms with E-state index in [1.807, 2.05) is 13.8 Å². The van der Waals surface area contributed by atoms with Gasteiger partial charge < -0.3 is 4.74 Å². The first kappa shape index (κ1) is 10.5. The number of ether oxygens (including phenoxy) is 1. The van der Waals surface area contributed by atoms with Crippen LogP contribution in [-0.2, 0) is 9.53 Å². The summed E-state index contributed by atoms with van der Waals surface area (Å²) in [4.78, 5) is 13.7. The number of carbonyl (C=O) groups is 1. The largest absolute Gasteiger partial charge is 0.462 e. The number of likely N-dealkylation sites (N-methyl/N-ethyl adjacent to an activating group) is 1. The molecule has 1 saturated heterocycles. The predicted molar refractivity (Wildman–Crippen MR) is 51.5 cm³/mol. The number of morpholine rings is 1. The normalized spacial score (nSPS) is 27.0. The Kier molecular flexibility index (Phi) is 2.41. The first-order valence-corrected chi connectivity index (χ1v) is 4.77. The Morgan fingerprint density at radius 2 is 1.92 bits per heavy atom. The van der Waals surface area contributed by atoms with E-state index in [0.29, 0.717) is 6.61 Å². The SMILES string of the molecule is CCN1C(C)(C)COC(=O)C1(C)C. The maximum absolute atomic E-state index is 11.5. The van der Waals surface area contributed by atoms with Crippen LogP contribution in [0.2, 0.25) is 0 Å². The van der Waals surface area contributed by atoms with Gasteiger partial charge in [0.2, 0.25) is 0 Å². The summed E-state index contributed by atoms with van der Waals surface area (Å²) in [6.07, 6.45) is 0. The van der Waals surface area contributed by atoms with Gasteiger partial charge in [0, 0.05) is 0 Å². The molecule has 13 heavy (non-hydrogen) atoms. The summed E-state index contributed by atoms with van der Waals surface area (Å²) in [5, 5.41) is 0. The van der Waals surface area contributed by atoms with Crippen LogP contribution in [0.4, 0.5) is 0 Å². The van der Waals surface area contributed by atoms with Crippen molar-refractivity contribution >= 4 is 5.97 Å². The van der Waals surface area contributed by atoms with E-state index in [1.54, 1.807) is 0 Å². The Hall–Kier alpha value is -0.570. The van der Waals surface area contributed by atoms with Gasteiger partial charge in [0.1, 0.15) is 12.1 Å². The van der Waals surface area contributed by atoms with Gasteiger partial charge in [-0.2, -0.15) is 0 Å². The van der Waals surface area contributed by atoms with Crippen molar-refractivity contribution < 1.29 is 9.53 Å². The molecule has 1 aliphatic rings. The molecule has 0 saturated carbocycles. The van der Waals surface area contributed by atoms with Crippen LogP contribution in [0.1, 0.15) is 34.6 Å². The molecular formula is C10H19NO2. The molecule has 1 rings (SSSR count). The Morgan fingerprint density at radius 3 is 2.31 bits per heavy atom. The molecule has 0 atom stereocenters. The summed E-state index contributed by atoms with van der Waals surface area (Å²) < 4.78 is 5.16. The third kappa shape index (κ3) is 1.57. The van der Waals surface area contributed by atoms with Gasteiger partial charge in [-0.25, -0.2) is 0 Å². The Morgan fingerprint density at radius 1 is 1.38 bits per heavy atom. The molecule has 0 spiro atoms. The lowest BCUT2D eigenvalue weighted by Gasteiger charge is -2.50. The maximum atomic E-state index is 11.5. The van der Waals surface area contributed by atoms with Crippen LogP contribution in [0, 0.1) is 0 Å². The van der Waals surface area contributed by atoms with Gasteiger partial charge in [0.05, 0.1) is 5.54 Å². The monoisotopic (exact) mass is 185 g/mol. The fourth-order valence-electron chi connectivity index (χ4n) is 2.19. The molecule has 0 unspecified atom stereocenters. The van der Waals surface area contributed by atoms with Gasteiger partial charge in [0.25, 0.3) is 0 Å². The third-order valence-corrected chi connectivity index (χ3v) is 2.78. The molecule has 76 valence electrons. The lowest BCUT2D eigenvalue weighted by molar-refractivity contribution is -0.180. The van der Waals surface area contributed by atoms with Gasteiger partial charge in [-0.3, -0.25) is 9.69 Å². The number of rotatable bonds is 1. The van der Waals surface area contributed by atoms with E-state index in [0.717, 1.165) is 6.54 Å². The quantitative estimate of drug-likeness (QED) is 0.579. The first-order chi connectivity index (χ1) is 5.82. The van der Waals surface area contributed by atoms with Crippen molar-refractivity contribution in [1.82, 2.24) is 4.90 Å². The molecule has 1 heterocycles. The van der Waals surface area contributed by atoms with Crippen LogP contribution in [-0.4, -0.2) is 35.1 Å². The number of hydrogen-bond acceptors (Lipinski definition) is 3. The second-order valence-corrected chi connectivity index (χ2v) is 4.69. The Bertz CT molecular complexity index is 221. The summed E-state index contributed by atoms with van der Waals surface area (Å²) in [6, 6.07) is 0. The van der Waals surface area contributed by atoms with Crippen LogP contribution in [0.5, 0.6) is 0 Å². The highest BCUT2D eigenvalue weighted by Gasteiger charge is 2.47. The molecule has 0 radical (unpaired) electrons. The molecule has 0 amide bonds. The Labute approximate surface area is 80.1 Å². The van der Waals surface area contributed by atoms with Crippen molar-refractivity contribution in [2.75, 3.05) is 13.2 Å². The van der Waals surface area contributed by atoms with Crippen molar-refractivity contribution in [3.63, 3.8) is 0 Å². The minimum Gasteiger partial charge on any atom is -0.462 e. The maximum Gasteiger partial charge on any atom is 0.326 e. The average Bonchev–Trinajstić information content (AvgIpc) is 1.98. The molecule has 0 bridgehead atoms.